The number of nitrogens with one attached hydrogen (secondary N) is 1. The third-order valence-corrected chi connectivity index (χ3v) is 3.29. The molecule has 0 aliphatic rings. The van der Waals surface area contributed by atoms with Crippen LogP contribution in [0.15, 0.2) is 36.5 Å². The molecular formula is C16H24N4O. The van der Waals surface area contributed by atoms with E-state index in [1.165, 1.54) is 0 Å². The van der Waals surface area contributed by atoms with Crippen molar-refractivity contribution in [3.63, 3.8) is 0 Å². The minimum Gasteiger partial charge on any atom is -0.390 e. The second-order valence-electron chi connectivity index (χ2n) is 5.51. The average Bonchev–Trinajstić information content (AvgIpc) is 2.80. The zero-order valence-electron chi connectivity index (χ0n) is 13.0. The summed E-state index contributed by atoms with van der Waals surface area (Å²) < 4.78 is 2.13. The fourth-order valence-corrected chi connectivity index (χ4v) is 2.40. The van der Waals surface area contributed by atoms with Gasteiger partial charge in [0.2, 0.25) is 0 Å². The van der Waals surface area contributed by atoms with Gasteiger partial charge < -0.3 is 15.3 Å². The van der Waals surface area contributed by atoms with Gasteiger partial charge in [-0.3, -0.25) is 4.57 Å². The zero-order valence-corrected chi connectivity index (χ0v) is 13.0. The van der Waals surface area contributed by atoms with Crippen molar-refractivity contribution in [3.8, 4) is 5.69 Å². The summed E-state index contributed by atoms with van der Waals surface area (Å²) in [5, 5.41) is 13.2. The molecule has 0 amide bonds. The summed E-state index contributed by atoms with van der Waals surface area (Å²) in [7, 11) is 3.91. The van der Waals surface area contributed by atoms with Gasteiger partial charge in [-0.2, -0.15) is 0 Å². The van der Waals surface area contributed by atoms with E-state index in [9.17, 15) is 5.11 Å². The van der Waals surface area contributed by atoms with E-state index in [1.807, 2.05) is 50.3 Å². The van der Waals surface area contributed by atoms with Crippen molar-refractivity contribution >= 4 is 0 Å². The van der Waals surface area contributed by atoms with Gasteiger partial charge in [0.1, 0.15) is 5.82 Å². The zero-order chi connectivity index (χ0) is 15.2. The number of hydrogen-bond acceptors (Lipinski definition) is 4. The Hall–Kier alpha value is -1.69. The number of benzene rings is 1. The van der Waals surface area contributed by atoms with Crippen LogP contribution < -0.4 is 5.32 Å². The highest BCUT2D eigenvalue weighted by molar-refractivity contribution is 5.35. The Bertz CT molecular complexity index is 551. The number of imidazole rings is 1. The standard InChI is InChI=1S/C16H24N4O/c1-13-18-10-15(9-17-11-16(21)12-19(2)3)20(13)14-7-5-4-6-8-14/h4-8,10,16-17,21H,9,11-12H2,1-3H3. The molecule has 0 spiro atoms. The lowest BCUT2D eigenvalue weighted by atomic mass is 10.3. The van der Waals surface area contributed by atoms with Crippen molar-refractivity contribution in [1.29, 1.82) is 0 Å². The second-order valence-corrected chi connectivity index (χ2v) is 5.51. The molecule has 0 fully saturated rings. The van der Waals surface area contributed by atoms with E-state index in [0.717, 1.165) is 17.2 Å². The highest BCUT2D eigenvalue weighted by atomic mass is 16.3. The quantitative estimate of drug-likeness (QED) is 0.804. The van der Waals surface area contributed by atoms with E-state index in [-0.39, 0.29) is 6.10 Å². The predicted octanol–water partition coefficient (Wildman–Crippen LogP) is 1.19. The van der Waals surface area contributed by atoms with Crippen molar-refractivity contribution in [2.24, 2.45) is 0 Å². The second kappa shape index (κ2) is 7.36. The monoisotopic (exact) mass is 288 g/mol. The third-order valence-electron chi connectivity index (χ3n) is 3.29. The number of aliphatic hydroxyl groups excluding tert-OH is 1. The third kappa shape index (κ3) is 4.39. The van der Waals surface area contributed by atoms with Crippen LogP contribution in [0.25, 0.3) is 5.69 Å². The number of nitrogens with zero attached hydrogens (tertiary/aromatic N) is 3. The summed E-state index contributed by atoms with van der Waals surface area (Å²) >= 11 is 0. The van der Waals surface area contributed by atoms with Crippen LogP contribution in [0.3, 0.4) is 0 Å². The molecule has 21 heavy (non-hydrogen) atoms. The van der Waals surface area contributed by atoms with Crippen LogP contribution in [0.2, 0.25) is 0 Å². The molecule has 5 heteroatoms. The van der Waals surface area contributed by atoms with Crippen molar-refractivity contribution in [2.75, 3.05) is 27.2 Å². The van der Waals surface area contributed by atoms with Gasteiger partial charge in [0.15, 0.2) is 0 Å². The lowest BCUT2D eigenvalue weighted by Gasteiger charge is -2.17. The number of rotatable bonds is 7. The predicted molar refractivity (Wildman–Crippen MR) is 84.6 cm³/mol. The molecule has 1 heterocycles. The Balaban J connectivity index is 1.99. The molecule has 5 nitrogen and oxygen atoms in total. The first-order chi connectivity index (χ1) is 10.1. The number of aliphatic hydroxyl groups is 1. The van der Waals surface area contributed by atoms with Crippen LogP contribution in [0.1, 0.15) is 11.5 Å². The van der Waals surface area contributed by atoms with Crippen LogP contribution in [-0.2, 0) is 6.54 Å². The minimum atomic E-state index is -0.366. The molecule has 0 saturated carbocycles. The van der Waals surface area contributed by atoms with Crippen molar-refractivity contribution in [1.82, 2.24) is 19.8 Å². The molecule has 1 aromatic heterocycles. The molecule has 2 rings (SSSR count). The van der Waals surface area contributed by atoms with Gasteiger partial charge in [-0.15, -0.1) is 0 Å². The summed E-state index contributed by atoms with van der Waals surface area (Å²) in [5.74, 6) is 0.965. The maximum absolute atomic E-state index is 9.86. The Morgan fingerprint density at radius 3 is 2.67 bits per heavy atom. The van der Waals surface area contributed by atoms with E-state index in [4.69, 9.17) is 0 Å². The number of aryl methyl sites for hydroxylation is 1. The SMILES string of the molecule is Cc1ncc(CNCC(O)CN(C)C)n1-c1ccccc1. The molecule has 1 atom stereocenters. The first kappa shape index (κ1) is 15.7. The van der Waals surface area contributed by atoms with Gasteiger partial charge in [-0.1, -0.05) is 18.2 Å². The average molecular weight is 288 g/mol. The van der Waals surface area contributed by atoms with E-state index in [0.29, 0.717) is 19.6 Å². The molecule has 0 aliphatic carbocycles. The summed E-state index contributed by atoms with van der Waals surface area (Å²) in [6.45, 7) is 3.90. The van der Waals surface area contributed by atoms with Gasteiger partial charge in [0, 0.05) is 25.3 Å². The van der Waals surface area contributed by atoms with Crippen molar-refractivity contribution in [3.05, 3.63) is 48.0 Å². The smallest absolute Gasteiger partial charge is 0.110 e. The number of aromatic nitrogens is 2. The van der Waals surface area contributed by atoms with Gasteiger partial charge >= 0.3 is 0 Å². The summed E-state index contributed by atoms with van der Waals surface area (Å²) in [6, 6.07) is 10.2. The van der Waals surface area contributed by atoms with Crippen LogP contribution >= 0.6 is 0 Å². The highest BCUT2D eigenvalue weighted by Gasteiger charge is 2.09. The molecule has 1 unspecified atom stereocenters. The number of hydrogen-bond donors (Lipinski definition) is 2. The number of para-hydroxylation sites is 1. The molecule has 2 N–H and O–H groups in total. The normalized spacial score (nSPS) is 12.8. The van der Waals surface area contributed by atoms with E-state index in [1.54, 1.807) is 0 Å². The first-order valence-electron chi connectivity index (χ1n) is 7.20. The molecule has 1 aromatic carbocycles. The fourth-order valence-electron chi connectivity index (χ4n) is 2.40. The van der Waals surface area contributed by atoms with Gasteiger partial charge in [-0.05, 0) is 33.2 Å². The molecular weight excluding hydrogens is 264 g/mol. The maximum atomic E-state index is 9.86. The van der Waals surface area contributed by atoms with Gasteiger partial charge in [-0.25, -0.2) is 4.98 Å². The lowest BCUT2D eigenvalue weighted by molar-refractivity contribution is 0.134. The van der Waals surface area contributed by atoms with E-state index < -0.39 is 0 Å². The molecule has 2 aromatic rings. The van der Waals surface area contributed by atoms with E-state index in [2.05, 4.69) is 27.0 Å². The van der Waals surface area contributed by atoms with E-state index >= 15 is 0 Å². The molecule has 0 aliphatic heterocycles. The summed E-state index contributed by atoms with van der Waals surface area (Å²) in [4.78, 5) is 6.37. The minimum absolute atomic E-state index is 0.366. The summed E-state index contributed by atoms with van der Waals surface area (Å²) in [5.41, 5.74) is 2.20. The van der Waals surface area contributed by atoms with Crippen LogP contribution in [-0.4, -0.2) is 52.8 Å². The van der Waals surface area contributed by atoms with Crippen molar-refractivity contribution in [2.45, 2.75) is 19.6 Å². The topological polar surface area (TPSA) is 53.3 Å². The molecule has 0 radical (unpaired) electrons. The Kier molecular flexibility index (Phi) is 5.50. The van der Waals surface area contributed by atoms with Gasteiger partial charge in [0.05, 0.1) is 18.0 Å². The Morgan fingerprint density at radius 1 is 1.29 bits per heavy atom. The largest absolute Gasteiger partial charge is 0.390 e. The summed E-state index contributed by atoms with van der Waals surface area (Å²) in [6.07, 6.45) is 1.52. The van der Waals surface area contributed by atoms with Crippen LogP contribution in [0.4, 0.5) is 0 Å². The number of likely N-dealkylation sites (N-methyl/N-ethyl adjacent to an activating group) is 1. The first-order valence-corrected chi connectivity index (χ1v) is 7.20. The Labute approximate surface area is 126 Å². The van der Waals surface area contributed by atoms with Crippen LogP contribution in [0.5, 0.6) is 0 Å². The molecule has 0 saturated heterocycles. The molecule has 114 valence electrons. The lowest BCUT2D eigenvalue weighted by Crippen LogP contribution is -2.35. The van der Waals surface area contributed by atoms with Crippen molar-refractivity contribution < 1.29 is 5.11 Å². The molecule has 0 bridgehead atoms. The fraction of sp³-hybridized carbons (Fsp3) is 0.438. The van der Waals surface area contributed by atoms with Gasteiger partial charge in [0.25, 0.3) is 0 Å². The highest BCUT2D eigenvalue weighted by Crippen LogP contribution is 2.14. The maximum Gasteiger partial charge on any atom is 0.110 e. The van der Waals surface area contributed by atoms with Crippen LogP contribution in [0, 0.1) is 6.92 Å². The Morgan fingerprint density at radius 2 is 2.00 bits per heavy atom.